The van der Waals surface area contributed by atoms with Crippen LogP contribution in [0.5, 0.6) is 0 Å². The molecule has 3 aliphatic rings. The third-order valence-electron chi connectivity index (χ3n) is 6.13. The molecule has 0 spiro atoms. The fourth-order valence-corrected chi connectivity index (χ4v) is 4.71. The lowest BCUT2D eigenvalue weighted by atomic mass is 9.93. The summed E-state index contributed by atoms with van der Waals surface area (Å²) < 4.78 is 12.0. The molecule has 5 atom stereocenters. The molecule has 3 aliphatic heterocycles. The van der Waals surface area contributed by atoms with Gasteiger partial charge in [-0.3, -0.25) is 9.88 Å². The summed E-state index contributed by atoms with van der Waals surface area (Å²) in [7, 11) is 0. The molecule has 0 aliphatic carbocycles. The lowest BCUT2D eigenvalue weighted by Gasteiger charge is -2.45. The number of pyridine rings is 1. The van der Waals surface area contributed by atoms with Crippen molar-refractivity contribution in [3.05, 3.63) is 42.1 Å². The summed E-state index contributed by atoms with van der Waals surface area (Å²) in [5.41, 5.74) is 2.11. The number of nitrogens with zero attached hydrogens (tertiary/aromatic N) is 2. The lowest BCUT2D eigenvalue weighted by Crippen LogP contribution is -2.64. The van der Waals surface area contributed by atoms with Gasteiger partial charge in [-0.1, -0.05) is 24.6 Å². The molecule has 2 N–H and O–H groups in total. The number of aliphatic hydroxyl groups excluding tert-OH is 1. The van der Waals surface area contributed by atoms with Crippen LogP contribution in [0.25, 0.3) is 10.9 Å². The van der Waals surface area contributed by atoms with Crippen LogP contribution >= 0.6 is 0 Å². The first kappa shape index (κ1) is 17.5. The number of rotatable bonds is 4. The van der Waals surface area contributed by atoms with Crippen molar-refractivity contribution in [2.75, 3.05) is 19.7 Å². The summed E-state index contributed by atoms with van der Waals surface area (Å²) in [5, 5.41) is 15.8. The molecule has 0 radical (unpaired) electrons. The number of benzene rings is 1. The SMILES string of the molecule is O[C@H]1[C@@H](NCc2cnc3ccccc3c2)[C@@H]2CO[C@H](O2)[C@@H]1N1CCCCC1. The second-order valence-corrected chi connectivity index (χ2v) is 7.90. The molecule has 2 aromatic rings. The van der Waals surface area contributed by atoms with E-state index in [2.05, 4.69) is 27.3 Å². The number of para-hydroxylation sites is 1. The predicted octanol–water partition coefficient (Wildman–Crippen LogP) is 1.66. The fraction of sp³-hybridized carbons (Fsp3) is 0.571. The molecule has 27 heavy (non-hydrogen) atoms. The Balaban J connectivity index is 1.31. The number of nitrogens with one attached hydrogen (secondary N) is 1. The molecule has 0 unspecified atom stereocenters. The summed E-state index contributed by atoms with van der Waals surface area (Å²) in [4.78, 5) is 6.89. The molecule has 1 aromatic carbocycles. The summed E-state index contributed by atoms with van der Waals surface area (Å²) in [6, 6.07) is 10.1. The number of ether oxygens (including phenoxy) is 2. The monoisotopic (exact) mass is 369 g/mol. The van der Waals surface area contributed by atoms with Crippen LogP contribution in [-0.4, -0.2) is 65.3 Å². The molecule has 2 bridgehead atoms. The Hall–Kier alpha value is -1.57. The highest BCUT2D eigenvalue weighted by molar-refractivity contribution is 5.78. The highest BCUT2D eigenvalue weighted by Gasteiger charge is 2.51. The number of piperidine rings is 1. The minimum atomic E-state index is -0.497. The van der Waals surface area contributed by atoms with Crippen molar-refractivity contribution in [1.82, 2.24) is 15.2 Å². The Bertz CT molecular complexity index is 795. The van der Waals surface area contributed by atoms with Gasteiger partial charge in [0.2, 0.25) is 0 Å². The van der Waals surface area contributed by atoms with Gasteiger partial charge in [-0.2, -0.15) is 0 Å². The highest BCUT2D eigenvalue weighted by Crippen LogP contribution is 2.32. The Kier molecular flexibility index (Phi) is 4.83. The van der Waals surface area contributed by atoms with Crippen LogP contribution in [-0.2, 0) is 16.0 Å². The zero-order valence-electron chi connectivity index (χ0n) is 15.5. The van der Waals surface area contributed by atoms with Crippen molar-refractivity contribution in [2.24, 2.45) is 0 Å². The molecule has 3 saturated heterocycles. The minimum absolute atomic E-state index is 0.0868. The predicted molar refractivity (Wildman–Crippen MR) is 102 cm³/mol. The number of hydrogen-bond acceptors (Lipinski definition) is 6. The largest absolute Gasteiger partial charge is 0.390 e. The Morgan fingerprint density at radius 1 is 1.19 bits per heavy atom. The minimum Gasteiger partial charge on any atom is -0.390 e. The summed E-state index contributed by atoms with van der Waals surface area (Å²) in [6.07, 6.45) is 4.64. The van der Waals surface area contributed by atoms with Gasteiger partial charge in [0.05, 0.1) is 30.3 Å². The van der Waals surface area contributed by atoms with Gasteiger partial charge in [0.15, 0.2) is 6.29 Å². The number of hydrogen-bond donors (Lipinski definition) is 2. The first-order valence-electron chi connectivity index (χ1n) is 10.1. The van der Waals surface area contributed by atoms with Crippen LogP contribution in [0.3, 0.4) is 0 Å². The third-order valence-corrected chi connectivity index (χ3v) is 6.13. The van der Waals surface area contributed by atoms with Gasteiger partial charge >= 0.3 is 0 Å². The second kappa shape index (κ2) is 7.45. The molecular weight excluding hydrogens is 342 g/mol. The van der Waals surface area contributed by atoms with Crippen molar-refractivity contribution in [3.8, 4) is 0 Å². The number of aliphatic hydroxyl groups is 1. The Morgan fingerprint density at radius 3 is 2.93 bits per heavy atom. The molecule has 6 heteroatoms. The zero-order valence-corrected chi connectivity index (χ0v) is 15.5. The molecule has 5 rings (SSSR count). The first-order chi connectivity index (χ1) is 13.3. The van der Waals surface area contributed by atoms with E-state index in [4.69, 9.17) is 9.47 Å². The second-order valence-electron chi connectivity index (χ2n) is 7.90. The molecule has 6 nitrogen and oxygen atoms in total. The molecule has 144 valence electrons. The van der Waals surface area contributed by atoms with Crippen LogP contribution in [0.1, 0.15) is 24.8 Å². The average Bonchev–Trinajstić information content (AvgIpc) is 3.13. The molecular formula is C21H27N3O3. The Labute approximate surface area is 159 Å². The molecule has 3 fully saturated rings. The van der Waals surface area contributed by atoms with Gasteiger partial charge in [0, 0.05) is 18.1 Å². The van der Waals surface area contributed by atoms with Gasteiger partial charge < -0.3 is 19.9 Å². The van der Waals surface area contributed by atoms with E-state index in [-0.39, 0.29) is 24.5 Å². The van der Waals surface area contributed by atoms with E-state index in [0.717, 1.165) is 29.6 Å². The van der Waals surface area contributed by atoms with Crippen LogP contribution in [0.15, 0.2) is 36.5 Å². The standard InChI is InChI=1S/C21H27N3O3/c25-20-18(23-12-14-10-15-6-2-3-7-16(15)22-11-14)17-13-26-21(27-17)19(20)24-8-4-1-5-9-24/h2-3,6-7,10-11,17-21,23,25H,1,4-5,8-9,12-13H2/t17-,18-,19+,20-,21+/m0/s1. The Morgan fingerprint density at radius 2 is 2.04 bits per heavy atom. The zero-order chi connectivity index (χ0) is 18.2. The van der Waals surface area contributed by atoms with Crippen LogP contribution < -0.4 is 5.32 Å². The third kappa shape index (κ3) is 3.37. The van der Waals surface area contributed by atoms with Crippen LogP contribution in [0, 0.1) is 0 Å². The average molecular weight is 369 g/mol. The van der Waals surface area contributed by atoms with Gasteiger partial charge in [-0.15, -0.1) is 0 Å². The molecule has 0 saturated carbocycles. The van der Waals surface area contributed by atoms with Crippen molar-refractivity contribution in [2.45, 2.75) is 56.4 Å². The van der Waals surface area contributed by atoms with Gasteiger partial charge in [-0.05, 0) is 43.6 Å². The topological polar surface area (TPSA) is 66.8 Å². The lowest BCUT2D eigenvalue weighted by molar-refractivity contribution is -0.184. The summed E-state index contributed by atoms with van der Waals surface area (Å²) in [5.74, 6) is 0. The van der Waals surface area contributed by atoms with E-state index in [0.29, 0.717) is 13.2 Å². The first-order valence-corrected chi connectivity index (χ1v) is 10.1. The number of fused-ring (bicyclic) bond motifs is 3. The van der Waals surface area contributed by atoms with Crippen LogP contribution in [0.4, 0.5) is 0 Å². The van der Waals surface area contributed by atoms with Crippen molar-refractivity contribution in [3.63, 3.8) is 0 Å². The quantitative estimate of drug-likeness (QED) is 0.855. The van der Waals surface area contributed by atoms with Crippen molar-refractivity contribution in [1.29, 1.82) is 0 Å². The van der Waals surface area contributed by atoms with E-state index in [9.17, 15) is 5.11 Å². The highest BCUT2D eigenvalue weighted by atomic mass is 16.7. The fourth-order valence-electron chi connectivity index (χ4n) is 4.71. The van der Waals surface area contributed by atoms with Gasteiger partial charge in [0.1, 0.15) is 6.10 Å². The van der Waals surface area contributed by atoms with Gasteiger partial charge in [-0.25, -0.2) is 0 Å². The number of aromatic nitrogens is 1. The van der Waals surface area contributed by atoms with E-state index in [1.807, 2.05) is 24.4 Å². The van der Waals surface area contributed by atoms with Crippen molar-refractivity contribution < 1.29 is 14.6 Å². The maximum absolute atomic E-state index is 11.1. The maximum atomic E-state index is 11.1. The van der Waals surface area contributed by atoms with Crippen LogP contribution in [0.2, 0.25) is 0 Å². The normalized spacial score (nSPS) is 34.2. The van der Waals surface area contributed by atoms with E-state index < -0.39 is 6.10 Å². The van der Waals surface area contributed by atoms with E-state index in [1.54, 1.807) is 0 Å². The molecule has 4 heterocycles. The molecule has 0 amide bonds. The summed E-state index contributed by atoms with van der Waals surface area (Å²) in [6.45, 7) is 3.21. The van der Waals surface area contributed by atoms with Crippen molar-refractivity contribution >= 4 is 10.9 Å². The smallest absolute Gasteiger partial charge is 0.176 e. The van der Waals surface area contributed by atoms with Gasteiger partial charge in [0.25, 0.3) is 0 Å². The summed E-state index contributed by atoms with van der Waals surface area (Å²) >= 11 is 0. The molecule has 1 aromatic heterocycles. The maximum Gasteiger partial charge on any atom is 0.176 e. The van der Waals surface area contributed by atoms with E-state index in [1.165, 1.54) is 19.3 Å². The number of likely N-dealkylation sites (tertiary alicyclic amines) is 1. The van der Waals surface area contributed by atoms with E-state index >= 15 is 0 Å².